The topological polar surface area (TPSA) is 111 Å². The van der Waals surface area contributed by atoms with E-state index in [-0.39, 0.29) is 18.4 Å². The molecule has 0 amide bonds. The SMILES string of the molecule is COCCn1nnnc1C(c1cc2cc3c(cc2[nH]c1=O)OCO3)N1CCN(C2CCCCC2)CC1. The molecule has 192 valence electrons. The highest BCUT2D eigenvalue weighted by Crippen LogP contribution is 2.36. The van der Waals surface area contributed by atoms with Crippen LogP contribution >= 0.6 is 0 Å². The summed E-state index contributed by atoms with van der Waals surface area (Å²) in [6.45, 7) is 4.83. The largest absolute Gasteiger partial charge is 0.454 e. The van der Waals surface area contributed by atoms with E-state index in [1.807, 2.05) is 18.2 Å². The first-order valence-corrected chi connectivity index (χ1v) is 12.9. The Hall–Kier alpha value is -3.02. The molecule has 1 unspecified atom stereocenters. The van der Waals surface area contributed by atoms with E-state index in [0.717, 1.165) is 31.6 Å². The molecule has 1 atom stereocenters. The van der Waals surface area contributed by atoms with E-state index in [1.54, 1.807) is 11.8 Å². The van der Waals surface area contributed by atoms with Crippen LogP contribution in [0.15, 0.2) is 23.0 Å². The zero-order valence-corrected chi connectivity index (χ0v) is 20.7. The molecule has 0 radical (unpaired) electrons. The van der Waals surface area contributed by atoms with Crippen LogP contribution in [0.5, 0.6) is 11.5 Å². The van der Waals surface area contributed by atoms with E-state index >= 15 is 0 Å². The summed E-state index contributed by atoms with van der Waals surface area (Å²) in [6.07, 6.45) is 6.59. The third-order valence-corrected chi connectivity index (χ3v) is 7.78. The molecule has 6 rings (SSSR count). The molecule has 0 bridgehead atoms. The summed E-state index contributed by atoms with van der Waals surface area (Å²) in [7, 11) is 1.66. The maximum atomic E-state index is 13.5. The van der Waals surface area contributed by atoms with Crippen LogP contribution in [0.1, 0.15) is 49.5 Å². The summed E-state index contributed by atoms with van der Waals surface area (Å²) >= 11 is 0. The van der Waals surface area contributed by atoms with Crippen molar-refractivity contribution in [1.82, 2.24) is 35.0 Å². The number of methoxy groups -OCH3 is 1. The minimum absolute atomic E-state index is 0.151. The molecule has 3 aliphatic rings. The van der Waals surface area contributed by atoms with Crippen molar-refractivity contribution in [2.45, 2.75) is 50.7 Å². The van der Waals surface area contributed by atoms with Gasteiger partial charge in [-0.15, -0.1) is 5.10 Å². The third-order valence-electron chi connectivity index (χ3n) is 7.78. The van der Waals surface area contributed by atoms with Crippen molar-refractivity contribution in [1.29, 1.82) is 0 Å². The summed E-state index contributed by atoms with van der Waals surface area (Å²) < 4.78 is 18.1. The Labute approximate surface area is 209 Å². The standard InChI is InChI=1S/C25H33N7O4/c1-34-12-11-32-24(27-28-29-32)23(31-9-7-30(8-10-31)18-5-3-2-4-6-18)19-13-17-14-21-22(36-16-35-21)15-20(17)26-25(19)33/h13-15,18,23H,2-12,16H2,1H3,(H,26,33). The Morgan fingerprint density at radius 2 is 1.86 bits per heavy atom. The fourth-order valence-corrected chi connectivity index (χ4v) is 5.87. The number of hydrogen-bond acceptors (Lipinski definition) is 9. The van der Waals surface area contributed by atoms with Crippen LogP contribution < -0.4 is 15.0 Å². The van der Waals surface area contributed by atoms with Crippen LogP contribution in [0.2, 0.25) is 0 Å². The van der Waals surface area contributed by atoms with Gasteiger partial charge in [0, 0.05) is 56.3 Å². The van der Waals surface area contributed by atoms with Gasteiger partial charge in [0.25, 0.3) is 5.56 Å². The van der Waals surface area contributed by atoms with Crippen molar-refractivity contribution < 1.29 is 14.2 Å². The van der Waals surface area contributed by atoms with Gasteiger partial charge in [0.05, 0.1) is 18.7 Å². The van der Waals surface area contributed by atoms with Crippen LogP contribution in [0, 0.1) is 0 Å². The van der Waals surface area contributed by atoms with Crippen molar-refractivity contribution in [3.63, 3.8) is 0 Å². The third kappa shape index (κ3) is 4.46. The fraction of sp³-hybridized carbons (Fsp3) is 0.600. The first-order chi connectivity index (χ1) is 17.7. The Morgan fingerprint density at radius 3 is 2.64 bits per heavy atom. The van der Waals surface area contributed by atoms with Crippen molar-refractivity contribution in [2.24, 2.45) is 0 Å². The van der Waals surface area contributed by atoms with Gasteiger partial charge in [-0.1, -0.05) is 19.3 Å². The van der Waals surface area contributed by atoms with E-state index < -0.39 is 0 Å². The van der Waals surface area contributed by atoms with E-state index in [0.29, 0.717) is 47.6 Å². The fourth-order valence-electron chi connectivity index (χ4n) is 5.87. The number of aromatic amines is 1. The van der Waals surface area contributed by atoms with E-state index in [4.69, 9.17) is 14.2 Å². The molecule has 4 heterocycles. The molecule has 1 saturated heterocycles. The molecule has 2 aliphatic heterocycles. The smallest absolute Gasteiger partial charge is 0.253 e. The van der Waals surface area contributed by atoms with Gasteiger partial charge in [0.15, 0.2) is 17.3 Å². The normalized spacial score (nSPS) is 20.2. The second-order valence-corrected chi connectivity index (χ2v) is 9.87. The van der Waals surface area contributed by atoms with Crippen LogP contribution in [0.3, 0.4) is 0 Å². The number of fused-ring (bicyclic) bond motifs is 2. The van der Waals surface area contributed by atoms with E-state index in [2.05, 4.69) is 30.3 Å². The number of nitrogens with one attached hydrogen (secondary N) is 1. The van der Waals surface area contributed by atoms with Crippen LogP contribution in [0.4, 0.5) is 0 Å². The Morgan fingerprint density at radius 1 is 1.08 bits per heavy atom. The molecule has 1 N–H and O–H groups in total. The molecular weight excluding hydrogens is 462 g/mol. The lowest BCUT2D eigenvalue weighted by molar-refractivity contribution is 0.0612. The van der Waals surface area contributed by atoms with Crippen LogP contribution in [-0.4, -0.2) is 87.7 Å². The second kappa shape index (κ2) is 10.2. The first kappa shape index (κ1) is 23.4. The van der Waals surface area contributed by atoms with Gasteiger partial charge in [-0.25, -0.2) is 4.68 Å². The quantitative estimate of drug-likeness (QED) is 0.526. The Balaban J connectivity index is 1.35. The van der Waals surface area contributed by atoms with Crippen molar-refractivity contribution in [3.05, 3.63) is 39.9 Å². The molecule has 11 heteroatoms. The second-order valence-electron chi connectivity index (χ2n) is 9.87. The number of ether oxygens (including phenoxy) is 3. The Bertz CT molecular complexity index is 1260. The van der Waals surface area contributed by atoms with Gasteiger partial charge in [0.1, 0.15) is 6.04 Å². The molecule has 11 nitrogen and oxygen atoms in total. The summed E-state index contributed by atoms with van der Waals surface area (Å²) in [6, 6.07) is 6.00. The van der Waals surface area contributed by atoms with Crippen LogP contribution in [-0.2, 0) is 11.3 Å². The molecule has 1 aliphatic carbocycles. The summed E-state index contributed by atoms with van der Waals surface area (Å²) in [4.78, 5) is 21.5. The van der Waals surface area contributed by atoms with Gasteiger partial charge in [0.2, 0.25) is 6.79 Å². The van der Waals surface area contributed by atoms with Crippen LogP contribution in [0.25, 0.3) is 10.9 Å². The predicted octanol–water partition coefficient (Wildman–Crippen LogP) is 1.93. The molecule has 0 spiro atoms. The highest BCUT2D eigenvalue weighted by Gasteiger charge is 2.34. The monoisotopic (exact) mass is 495 g/mol. The van der Waals surface area contributed by atoms with Crippen molar-refractivity contribution in [2.75, 3.05) is 46.7 Å². The lowest BCUT2D eigenvalue weighted by Gasteiger charge is -2.42. The van der Waals surface area contributed by atoms with Gasteiger partial charge in [-0.3, -0.25) is 14.6 Å². The molecule has 1 saturated carbocycles. The van der Waals surface area contributed by atoms with Crippen molar-refractivity contribution >= 4 is 10.9 Å². The molecule has 2 fully saturated rings. The van der Waals surface area contributed by atoms with Gasteiger partial charge in [-0.2, -0.15) is 0 Å². The highest BCUT2D eigenvalue weighted by atomic mass is 16.7. The molecule has 36 heavy (non-hydrogen) atoms. The molecule has 1 aromatic carbocycles. The summed E-state index contributed by atoms with van der Waals surface area (Å²) in [5.41, 5.74) is 1.19. The molecule has 3 aromatic rings. The van der Waals surface area contributed by atoms with E-state index in [9.17, 15) is 4.79 Å². The maximum absolute atomic E-state index is 13.5. The number of nitrogens with zero attached hydrogens (tertiary/aromatic N) is 6. The van der Waals surface area contributed by atoms with Gasteiger partial charge >= 0.3 is 0 Å². The first-order valence-electron chi connectivity index (χ1n) is 12.9. The maximum Gasteiger partial charge on any atom is 0.253 e. The minimum Gasteiger partial charge on any atom is -0.454 e. The zero-order chi connectivity index (χ0) is 24.5. The Kier molecular flexibility index (Phi) is 6.60. The highest BCUT2D eigenvalue weighted by molar-refractivity contribution is 5.83. The number of aromatic nitrogens is 5. The van der Waals surface area contributed by atoms with E-state index in [1.165, 1.54) is 32.1 Å². The number of pyridine rings is 1. The summed E-state index contributed by atoms with van der Waals surface area (Å²) in [5.74, 6) is 1.98. The molecular formula is C25H33N7O4. The number of benzene rings is 1. The van der Waals surface area contributed by atoms with Gasteiger partial charge in [-0.05, 0) is 35.4 Å². The number of piperazine rings is 1. The lowest BCUT2D eigenvalue weighted by atomic mass is 9.93. The number of hydrogen-bond donors (Lipinski definition) is 1. The average molecular weight is 496 g/mol. The predicted molar refractivity (Wildman–Crippen MR) is 132 cm³/mol. The number of H-pyrrole nitrogens is 1. The minimum atomic E-state index is -0.371. The average Bonchev–Trinajstić information content (AvgIpc) is 3.57. The lowest BCUT2D eigenvalue weighted by Crippen LogP contribution is -2.52. The van der Waals surface area contributed by atoms with Gasteiger partial charge < -0.3 is 19.2 Å². The van der Waals surface area contributed by atoms with Crippen molar-refractivity contribution in [3.8, 4) is 11.5 Å². The molecule has 2 aromatic heterocycles. The zero-order valence-electron chi connectivity index (χ0n) is 20.7. The summed E-state index contributed by atoms with van der Waals surface area (Å²) in [5, 5.41) is 13.5. The number of rotatable bonds is 7. The number of tetrazole rings is 1.